The Balaban J connectivity index is 0.000000148. The smallest absolute Gasteiger partial charge is 0.342 e. The Labute approximate surface area is 320 Å². The van der Waals surface area contributed by atoms with Crippen molar-refractivity contribution in [1.82, 2.24) is 18.3 Å². The van der Waals surface area contributed by atoms with Crippen molar-refractivity contribution in [1.29, 1.82) is 0 Å². The van der Waals surface area contributed by atoms with Gasteiger partial charge in [0.2, 0.25) is 25.3 Å². The maximum atomic E-state index is 3.52. The van der Waals surface area contributed by atoms with Gasteiger partial charge in [0.25, 0.3) is 0 Å². The van der Waals surface area contributed by atoms with E-state index in [-0.39, 0.29) is 19.8 Å². The van der Waals surface area contributed by atoms with Crippen LogP contribution in [0.3, 0.4) is 0 Å². The molecule has 4 aromatic heterocycles. The number of imidazole rings is 4. The van der Waals surface area contributed by atoms with Gasteiger partial charge in [-0.05, 0) is 0 Å². The number of nitrogens with zero attached hydrogens (tertiary/aromatic N) is 8. The zero-order valence-corrected chi connectivity index (χ0v) is 32.2. The molecule has 0 aliphatic heterocycles. The molecule has 9 heteroatoms. The van der Waals surface area contributed by atoms with Gasteiger partial charge in [0.05, 0.1) is 72.3 Å². The van der Waals surface area contributed by atoms with E-state index in [1.807, 2.05) is 125 Å². The van der Waals surface area contributed by atoms with Crippen LogP contribution in [-0.2, 0) is 48.0 Å². The van der Waals surface area contributed by atoms with Gasteiger partial charge in [-0.25, -0.2) is 0 Å². The fourth-order valence-corrected chi connectivity index (χ4v) is 6.92. The number of para-hydroxylation sites is 8. The number of aromatic nitrogens is 8. The van der Waals surface area contributed by atoms with Crippen LogP contribution in [0.1, 0.15) is 0 Å². The number of aryl methyl sites for hydroxylation is 4. The van der Waals surface area contributed by atoms with Crippen LogP contribution in [0.15, 0.2) is 133 Å². The summed E-state index contributed by atoms with van der Waals surface area (Å²) in [7, 11) is 8.04. The Morgan fingerprint density at radius 3 is 0.792 bits per heavy atom. The number of hydrogen-bond donors (Lipinski definition) is 0. The molecule has 6 aromatic carbocycles. The summed E-state index contributed by atoms with van der Waals surface area (Å²) in [5.74, 6) is 0. The van der Waals surface area contributed by atoms with E-state index in [1.165, 1.54) is 0 Å². The van der Waals surface area contributed by atoms with Gasteiger partial charge in [-0.3, -0.25) is 0 Å². The van der Waals surface area contributed by atoms with Gasteiger partial charge < -0.3 is 36.5 Å². The third kappa shape index (κ3) is 5.93. The van der Waals surface area contributed by atoms with Crippen LogP contribution in [0.2, 0.25) is 0 Å². The molecule has 4 heterocycles. The molecule has 53 heavy (non-hydrogen) atoms. The number of rotatable bonds is 4. The van der Waals surface area contributed by atoms with E-state index in [9.17, 15) is 0 Å². The minimum atomic E-state index is 0. The topological polar surface area (TPSA) is 35.2 Å². The summed E-state index contributed by atoms with van der Waals surface area (Å²) in [5, 5.41) is 0. The average Bonchev–Trinajstić information content (AvgIpc) is 3.93. The first kappa shape index (κ1) is 34.0. The molecule has 0 aliphatic rings. The molecule has 10 aromatic rings. The molecule has 0 amide bonds. The monoisotopic (exact) mass is 866 g/mol. The quantitative estimate of drug-likeness (QED) is 0.172. The minimum absolute atomic E-state index is 0. The van der Waals surface area contributed by atoms with E-state index < -0.39 is 0 Å². The molecule has 0 spiro atoms. The molecule has 0 bridgehead atoms. The first-order valence-corrected chi connectivity index (χ1v) is 17.1. The van der Waals surface area contributed by atoms with Crippen LogP contribution in [0.5, 0.6) is 0 Å². The Hall–Kier alpha value is -6.16. The van der Waals surface area contributed by atoms with Gasteiger partial charge >= 0.3 is 19.8 Å². The normalized spacial score (nSPS) is 11.2. The maximum Gasteiger partial charge on any atom is 6.00 e. The predicted molar refractivity (Wildman–Crippen MR) is 198 cm³/mol. The van der Waals surface area contributed by atoms with E-state index >= 15 is 0 Å². The van der Waals surface area contributed by atoms with E-state index in [0.29, 0.717) is 0 Å². The summed E-state index contributed by atoms with van der Waals surface area (Å²) in [4.78, 5) is 0. The van der Waals surface area contributed by atoms with Gasteiger partial charge in [0.1, 0.15) is 0 Å². The second-order valence-electron chi connectivity index (χ2n) is 12.8. The molecule has 0 atom stereocenters. The SMILES string of the molecule is C[n+]1[c-]n(-c2[c-]c(-n3[c-][n+](C)c4ccccc43)ccc2)c2ccccc21.C[n+]1[c-]n(-c2[c-]c(-n3[c-][n+](C)c4ccccc43)ccc2)c2ccccc21.[Os+6]. The second-order valence-corrected chi connectivity index (χ2v) is 12.8. The van der Waals surface area contributed by atoms with E-state index in [4.69, 9.17) is 0 Å². The minimum Gasteiger partial charge on any atom is -0.342 e. The van der Waals surface area contributed by atoms with Crippen LogP contribution in [-0.4, -0.2) is 18.3 Å². The summed E-state index contributed by atoms with van der Waals surface area (Å²) in [6.45, 7) is 0. The van der Waals surface area contributed by atoms with E-state index in [0.717, 1.165) is 66.9 Å². The van der Waals surface area contributed by atoms with Crippen LogP contribution < -0.4 is 18.3 Å². The van der Waals surface area contributed by atoms with Crippen molar-refractivity contribution >= 4 is 44.1 Å². The molecule has 0 radical (unpaired) electrons. The predicted octanol–water partition coefficient (Wildman–Crippen LogP) is 5.25. The van der Waals surface area contributed by atoms with Gasteiger partial charge in [0.15, 0.2) is 0 Å². The Kier molecular flexibility index (Phi) is 8.81. The van der Waals surface area contributed by atoms with Crippen molar-refractivity contribution in [3.8, 4) is 22.7 Å². The summed E-state index contributed by atoms with van der Waals surface area (Å²) in [6, 6.07) is 52.5. The van der Waals surface area contributed by atoms with Gasteiger partial charge in [-0.15, -0.1) is 0 Å². The summed E-state index contributed by atoms with van der Waals surface area (Å²) < 4.78 is 16.2. The molecule has 254 valence electrons. The fourth-order valence-electron chi connectivity index (χ4n) is 6.92. The standard InChI is InChI=1S/2C22H17N4.Os/c2*1-23-15-25(21-12-5-3-10-19(21)23)17-8-7-9-18(14-17)26-16-24(2)20-11-4-6-13-22(20)26;/h2*3-13H,1-2H3;/q2*-1;+6. The van der Waals surface area contributed by atoms with Crippen LogP contribution >= 0.6 is 0 Å². The first-order valence-electron chi connectivity index (χ1n) is 17.1. The summed E-state index contributed by atoms with van der Waals surface area (Å²) in [6.07, 6.45) is 13.5. The van der Waals surface area contributed by atoms with Gasteiger partial charge in [0, 0.05) is 0 Å². The molecule has 0 N–H and O–H groups in total. The third-order valence-electron chi connectivity index (χ3n) is 9.43. The van der Waals surface area contributed by atoms with Crippen molar-refractivity contribution in [3.05, 3.63) is 171 Å². The van der Waals surface area contributed by atoms with Crippen molar-refractivity contribution in [2.24, 2.45) is 28.2 Å². The van der Waals surface area contributed by atoms with Crippen molar-refractivity contribution < 1.29 is 38.1 Å². The van der Waals surface area contributed by atoms with Gasteiger partial charge in [-0.1, -0.05) is 120 Å². The molecule has 0 saturated carbocycles. The van der Waals surface area contributed by atoms with E-state index in [1.54, 1.807) is 0 Å². The summed E-state index contributed by atoms with van der Waals surface area (Å²) in [5.41, 5.74) is 12.8. The molecule has 0 aliphatic carbocycles. The Morgan fingerprint density at radius 2 is 0.547 bits per heavy atom. The molecule has 0 unspecified atom stereocenters. The first-order chi connectivity index (χ1) is 25.4. The Bertz CT molecular complexity index is 2540. The van der Waals surface area contributed by atoms with Crippen molar-refractivity contribution in [2.45, 2.75) is 0 Å². The number of fused-ring (bicyclic) bond motifs is 4. The van der Waals surface area contributed by atoms with E-state index in [2.05, 4.69) is 110 Å². The summed E-state index contributed by atoms with van der Waals surface area (Å²) >= 11 is 0. The molecule has 8 nitrogen and oxygen atoms in total. The second kappa shape index (κ2) is 13.8. The van der Waals surface area contributed by atoms with Crippen molar-refractivity contribution in [2.75, 3.05) is 0 Å². The molecule has 10 rings (SSSR count). The molecular weight excluding hydrogens is 831 g/mol. The molecule has 0 fully saturated rings. The van der Waals surface area contributed by atoms with Crippen molar-refractivity contribution in [3.63, 3.8) is 0 Å². The fraction of sp³-hybridized carbons (Fsp3) is 0.0909. The van der Waals surface area contributed by atoms with Crippen LogP contribution in [0, 0.1) is 37.4 Å². The zero-order valence-electron chi connectivity index (χ0n) is 29.6. The molecule has 0 saturated heterocycles. The maximum absolute atomic E-state index is 3.52. The van der Waals surface area contributed by atoms with Gasteiger partial charge in [-0.2, -0.15) is 48.5 Å². The van der Waals surface area contributed by atoms with Crippen LogP contribution in [0.25, 0.3) is 66.9 Å². The zero-order chi connectivity index (χ0) is 35.3. The third-order valence-corrected chi connectivity index (χ3v) is 9.43. The average molecular weight is 865 g/mol. The largest absolute Gasteiger partial charge is 6.00 e. The Morgan fingerprint density at radius 1 is 0.321 bits per heavy atom. The number of hydrogen-bond acceptors (Lipinski definition) is 0. The number of benzene rings is 6. The molecular formula is C44H34N8Os+4. The van der Waals surface area contributed by atoms with Crippen LogP contribution in [0.4, 0.5) is 0 Å².